The molecule has 2 unspecified atom stereocenters. The highest BCUT2D eigenvalue weighted by molar-refractivity contribution is 6.15. The van der Waals surface area contributed by atoms with Crippen molar-refractivity contribution in [2.75, 3.05) is 13.2 Å². The van der Waals surface area contributed by atoms with Crippen molar-refractivity contribution >= 4 is 45.6 Å². The number of hydrogen-bond donors (Lipinski definition) is 0. The first-order valence-corrected chi connectivity index (χ1v) is 23.3. The second-order valence-corrected chi connectivity index (χ2v) is 17.2. The lowest BCUT2D eigenvalue weighted by atomic mass is 9.77. The van der Waals surface area contributed by atoms with Gasteiger partial charge >= 0.3 is 11.9 Å². The zero-order chi connectivity index (χ0) is 48.0. The average molecular weight is 923 g/mol. The number of esters is 2. The topological polar surface area (TPSA) is 71.1 Å². The Morgan fingerprint density at radius 3 is 1.20 bits per heavy atom. The van der Waals surface area contributed by atoms with Crippen molar-refractivity contribution in [1.82, 2.24) is 0 Å². The van der Waals surface area contributed by atoms with Gasteiger partial charge in [0.05, 0.1) is 24.3 Å². The molecular formula is C62H44F2O6. The molecule has 0 aliphatic carbocycles. The molecule has 9 aromatic rings. The molecule has 8 heteroatoms. The van der Waals surface area contributed by atoms with Gasteiger partial charge in [0.25, 0.3) is 0 Å². The van der Waals surface area contributed by atoms with Crippen molar-refractivity contribution in [2.45, 2.75) is 25.0 Å². The van der Waals surface area contributed by atoms with Crippen molar-refractivity contribution in [3.63, 3.8) is 0 Å². The standard InChI is InChI=1S/C62H44F2O6/c1-3-67-59(65)55-51-34-36-61(41-26-30-45(63)31-27-41,69-57(51)49-24-13-11-22-47(49)53(55)39-16-7-5-8-17-39)43-20-15-21-44(38-43)62(42-28-32-46(64)33-29-42)37-35-52-56(60(66)68-4-2)54(40-18-9-6-10-19-40)48-23-12-14-25-50(48)58(52)70-62/h5-38H,3-4H2,1-2H3. The second-order valence-electron chi connectivity index (χ2n) is 17.2. The van der Waals surface area contributed by atoms with Crippen LogP contribution in [0.15, 0.2) is 194 Å². The molecule has 2 heterocycles. The van der Waals surface area contributed by atoms with Crippen molar-refractivity contribution in [3.8, 4) is 33.8 Å². The molecule has 0 bridgehead atoms. The maximum absolute atomic E-state index is 14.9. The van der Waals surface area contributed by atoms with E-state index in [9.17, 15) is 18.4 Å². The Morgan fingerprint density at radius 2 is 0.814 bits per heavy atom. The number of rotatable bonds is 10. The molecule has 70 heavy (non-hydrogen) atoms. The minimum Gasteiger partial charge on any atom is -0.472 e. The van der Waals surface area contributed by atoms with Crippen molar-refractivity contribution in [2.24, 2.45) is 0 Å². The van der Waals surface area contributed by atoms with Crippen LogP contribution in [0.1, 0.15) is 67.9 Å². The van der Waals surface area contributed by atoms with Gasteiger partial charge in [-0.05, 0) is 90.4 Å². The molecule has 0 aromatic heterocycles. The number of halogens is 2. The Morgan fingerprint density at radius 1 is 0.443 bits per heavy atom. The molecule has 2 aliphatic heterocycles. The Hall–Kier alpha value is -8.62. The van der Waals surface area contributed by atoms with E-state index in [2.05, 4.69) is 0 Å². The smallest absolute Gasteiger partial charge is 0.339 e. The van der Waals surface area contributed by atoms with Crippen LogP contribution in [-0.2, 0) is 20.7 Å². The molecule has 6 nitrogen and oxygen atoms in total. The molecular weight excluding hydrogens is 879 g/mol. The highest BCUT2D eigenvalue weighted by Crippen LogP contribution is 2.53. The van der Waals surface area contributed by atoms with E-state index in [1.54, 1.807) is 38.1 Å². The van der Waals surface area contributed by atoms with Crippen LogP contribution >= 0.6 is 0 Å². The maximum atomic E-state index is 14.9. The summed E-state index contributed by atoms with van der Waals surface area (Å²) < 4.78 is 56.2. The van der Waals surface area contributed by atoms with Crippen LogP contribution in [0.4, 0.5) is 8.78 Å². The van der Waals surface area contributed by atoms with E-state index in [-0.39, 0.29) is 13.2 Å². The lowest BCUT2D eigenvalue weighted by Gasteiger charge is -2.40. The Balaban J connectivity index is 1.15. The quantitative estimate of drug-likeness (QED) is 0.127. The SMILES string of the molecule is CCOC(=O)c1c2c(c3ccccc3c1-c1ccccc1)OC(c1ccc(F)cc1)(c1cccc(C3(c4ccc(F)cc4)C=Cc4c(C(=O)OCC)c(-c5ccccc5)c5ccccc5c4O3)c1)C=C2. The summed E-state index contributed by atoms with van der Waals surface area (Å²) >= 11 is 0. The Bertz CT molecular complexity index is 3330. The van der Waals surface area contributed by atoms with Gasteiger partial charge in [-0.2, -0.15) is 0 Å². The van der Waals surface area contributed by atoms with Gasteiger partial charge in [-0.3, -0.25) is 0 Å². The monoisotopic (exact) mass is 922 g/mol. The van der Waals surface area contributed by atoms with E-state index >= 15 is 0 Å². The molecule has 2 aliphatic rings. The van der Waals surface area contributed by atoms with Crippen LogP contribution in [0.25, 0.3) is 56.0 Å². The molecule has 2 atom stereocenters. The van der Waals surface area contributed by atoms with Crippen LogP contribution in [0, 0.1) is 11.6 Å². The number of ether oxygens (including phenoxy) is 4. The van der Waals surface area contributed by atoms with E-state index < -0.39 is 34.8 Å². The van der Waals surface area contributed by atoms with Gasteiger partial charge in [-0.25, -0.2) is 18.4 Å². The molecule has 342 valence electrons. The summed E-state index contributed by atoms with van der Waals surface area (Å²) in [5, 5.41) is 3.08. The van der Waals surface area contributed by atoms with Gasteiger partial charge < -0.3 is 18.9 Å². The van der Waals surface area contributed by atoms with Crippen LogP contribution in [0.2, 0.25) is 0 Å². The lowest BCUT2D eigenvalue weighted by Crippen LogP contribution is -2.37. The third-order valence-corrected chi connectivity index (χ3v) is 13.3. The van der Waals surface area contributed by atoms with Crippen LogP contribution in [0.3, 0.4) is 0 Å². The largest absolute Gasteiger partial charge is 0.472 e. The van der Waals surface area contributed by atoms with Gasteiger partial charge in [0.2, 0.25) is 0 Å². The van der Waals surface area contributed by atoms with Gasteiger partial charge in [0.1, 0.15) is 23.1 Å². The van der Waals surface area contributed by atoms with Crippen LogP contribution in [0.5, 0.6) is 11.5 Å². The van der Waals surface area contributed by atoms with Crippen molar-refractivity contribution in [1.29, 1.82) is 0 Å². The fourth-order valence-corrected chi connectivity index (χ4v) is 10.2. The van der Waals surface area contributed by atoms with Crippen molar-refractivity contribution in [3.05, 3.63) is 250 Å². The zero-order valence-electron chi connectivity index (χ0n) is 38.2. The first-order chi connectivity index (χ1) is 34.2. The highest BCUT2D eigenvalue weighted by atomic mass is 19.1. The van der Waals surface area contributed by atoms with E-state index in [1.807, 2.05) is 158 Å². The van der Waals surface area contributed by atoms with Gasteiger partial charge in [0, 0.05) is 55.3 Å². The number of fused-ring (bicyclic) bond motifs is 6. The summed E-state index contributed by atoms with van der Waals surface area (Å²) in [6, 6.07) is 55.2. The molecule has 0 fully saturated rings. The molecule has 0 radical (unpaired) electrons. The lowest BCUT2D eigenvalue weighted by molar-refractivity contribution is 0.0516. The summed E-state index contributed by atoms with van der Waals surface area (Å²) in [5.41, 5.74) is 4.63. The third-order valence-electron chi connectivity index (χ3n) is 13.3. The van der Waals surface area contributed by atoms with E-state index in [4.69, 9.17) is 18.9 Å². The second kappa shape index (κ2) is 17.8. The number of carbonyl (C=O) groups excluding carboxylic acids is 2. The van der Waals surface area contributed by atoms with Gasteiger partial charge in [0.15, 0.2) is 11.2 Å². The van der Waals surface area contributed by atoms with Crippen LogP contribution < -0.4 is 9.47 Å². The first-order valence-electron chi connectivity index (χ1n) is 23.3. The number of hydrogen-bond acceptors (Lipinski definition) is 6. The molecule has 0 spiro atoms. The summed E-state index contributed by atoms with van der Waals surface area (Å²) in [6.45, 7) is 3.88. The third kappa shape index (κ3) is 7.22. The maximum Gasteiger partial charge on any atom is 0.339 e. The predicted octanol–water partition coefficient (Wildman–Crippen LogP) is 14.7. The molecule has 0 N–H and O–H groups in total. The summed E-state index contributed by atoms with van der Waals surface area (Å²) in [7, 11) is 0. The Labute approximate surface area is 403 Å². The zero-order valence-corrected chi connectivity index (χ0v) is 38.2. The van der Waals surface area contributed by atoms with E-state index in [0.717, 1.165) is 43.8 Å². The number of benzene rings is 9. The fraction of sp³-hybridized carbons (Fsp3) is 0.0968. The fourth-order valence-electron chi connectivity index (χ4n) is 10.2. The van der Waals surface area contributed by atoms with E-state index in [0.29, 0.717) is 56.0 Å². The predicted molar refractivity (Wildman–Crippen MR) is 271 cm³/mol. The first kappa shape index (κ1) is 43.9. The molecule has 11 rings (SSSR count). The van der Waals surface area contributed by atoms with Crippen molar-refractivity contribution < 1.29 is 37.3 Å². The van der Waals surface area contributed by atoms with Gasteiger partial charge in [-0.15, -0.1) is 0 Å². The van der Waals surface area contributed by atoms with Gasteiger partial charge in [-0.1, -0.05) is 152 Å². The summed E-state index contributed by atoms with van der Waals surface area (Å²) in [4.78, 5) is 28.5. The Kier molecular flexibility index (Phi) is 11.2. The normalized spacial score (nSPS) is 16.7. The van der Waals surface area contributed by atoms with E-state index in [1.165, 1.54) is 24.3 Å². The molecule has 9 aromatic carbocycles. The minimum absolute atomic E-state index is 0.163. The highest BCUT2D eigenvalue weighted by Gasteiger charge is 2.44. The van der Waals surface area contributed by atoms with Crippen LogP contribution in [-0.4, -0.2) is 25.2 Å². The average Bonchev–Trinajstić information content (AvgIpc) is 3.41. The molecule has 0 saturated carbocycles. The summed E-state index contributed by atoms with van der Waals surface area (Å²) in [6.07, 6.45) is 7.60. The molecule has 0 saturated heterocycles. The summed E-state index contributed by atoms with van der Waals surface area (Å²) in [5.74, 6) is -0.947. The number of carbonyl (C=O) groups is 2. The minimum atomic E-state index is -1.41. The molecule has 0 amide bonds.